The Bertz CT molecular complexity index is 968. The summed E-state index contributed by atoms with van der Waals surface area (Å²) >= 11 is 6.95. The number of sulfone groups is 1. The summed E-state index contributed by atoms with van der Waals surface area (Å²) in [6, 6.07) is 6.43. The normalized spacial score (nSPS) is 19.1. The molecule has 2 heterocycles. The second kappa shape index (κ2) is 8.69. The van der Waals surface area contributed by atoms with Crippen molar-refractivity contribution in [3.8, 4) is 0 Å². The largest absolute Gasteiger partial charge is 0.360 e. The maximum absolute atomic E-state index is 12.9. The molecule has 1 saturated carbocycles. The molecule has 155 valence electrons. The Balaban J connectivity index is 1.55. The maximum Gasteiger partial charge on any atom is 0.259 e. The molecule has 2 N–H and O–H groups in total. The van der Waals surface area contributed by atoms with Crippen molar-refractivity contribution in [1.29, 1.82) is 0 Å². The first-order valence-corrected chi connectivity index (χ1v) is 12.2. The quantitative estimate of drug-likeness (QED) is 0.667. The molecule has 2 aliphatic rings. The first-order chi connectivity index (χ1) is 13.9. The number of hydrogen-bond acceptors (Lipinski definition) is 7. The molecule has 1 aromatic carbocycles. The van der Waals surface area contributed by atoms with Crippen molar-refractivity contribution in [3.05, 3.63) is 40.4 Å². The van der Waals surface area contributed by atoms with Crippen molar-refractivity contribution in [2.45, 2.75) is 48.0 Å². The summed E-state index contributed by atoms with van der Waals surface area (Å²) in [6.07, 6.45) is 4.66. The van der Waals surface area contributed by atoms with Crippen molar-refractivity contribution < 1.29 is 17.9 Å². The van der Waals surface area contributed by atoms with Crippen LogP contribution in [-0.4, -0.2) is 43.8 Å². The van der Waals surface area contributed by atoms with Crippen molar-refractivity contribution >= 4 is 43.8 Å². The van der Waals surface area contributed by atoms with Gasteiger partial charge in [0.1, 0.15) is 10.5 Å². The highest BCUT2D eigenvalue weighted by molar-refractivity contribution is 7.92. The van der Waals surface area contributed by atoms with E-state index >= 15 is 0 Å². The number of nitrogens with zero attached hydrogens (tertiary/aromatic N) is 1. The Hall–Kier alpha value is -1.52. The SMILES string of the molecule is O=C(Nc1n[c]c(Cl)s1)C(OC1CCNCC1)c1ccc(S(=O)(=O)C2CC2)cc1. The smallest absolute Gasteiger partial charge is 0.259 e. The van der Waals surface area contributed by atoms with Gasteiger partial charge in [0, 0.05) is 0 Å². The predicted molar refractivity (Wildman–Crippen MR) is 111 cm³/mol. The van der Waals surface area contributed by atoms with Crippen LogP contribution >= 0.6 is 22.9 Å². The van der Waals surface area contributed by atoms with E-state index in [1.807, 2.05) is 0 Å². The van der Waals surface area contributed by atoms with Crippen molar-refractivity contribution in [2.24, 2.45) is 0 Å². The van der Waals surface area contributed by atoms with Crippen molar-refractivity contribution in [3.63, 3.8) is 0 Å². The lowest BCUT2D eigenvalue weighted by Gasteiger charge is -2.27. The van der Waals surface area contributed by atoms with E-state index < -0.39 is 15.9 Å². The molecule has 2 fully saturated rings. The topological polar surface area (TPSA) is 97.4 Å². The minimum Gasteiger partial charge on any atom is -0.360 e. The lowest BCUT2D eigenvalue weighted by atomic mass is 10.1. The van der Waals surface area contributed by atoms with Crippen LogP contribution in [0.1, 0.15) is 37.4 Å². The first-order valence-electron chi connectivity index (χ1n) is 9.48. The van der Waals surface area contributed by atoms with Crippen LogP contribution in [0.25, 0.3) is 0 Å². The zero-order chi connectivity index (χ0) is 20.4. The molecule has 0 spiro atoms. The molecule has 2 aromatic rings. The van der Waals surface area contributed by atoms with Gasteiger partial charge in [-0.1, -0.05) is 35.1 Å². The van der Waals surface area contributed by atoms with Gasteiger partial charge in [-0.05, 0) is 56.5 Å². The number of ether oxygens (including phenoxy) is 1. The lowest BCUT2D eigenvalue weighted by molar-refractivity contribution is -0.133. The number of amides is 1. The molecule has 7 nitrogen and oxygen atoms in total. The number of halogens is 1. The summed E-state index contributed by atoms with van der Waals surface area (Å²) in [4.78, 5) is 17.2. The van der Waals surface area contributed by atoms with Crippen LogP contribution in [0.4, 0.5) is 5.13 Å². The number of thiazole rings is 1. The summed E-state index contributed by atoms with van der Waals surface area (Å²) in [7, 11) is -3.28. The summed E-state index contributed by atoms with van der Waals surface area (Å²) in [5, 5.41) is 6.05. The summed E-state index contributed by atoms with van der Waals surface area (Å²) in [6.45, 7) is 1.66. The van der Waals surface area contributed by atoms with Crippen LogP contribution in [0.3, 0.4) is 0 Å². The Kier molecular flexibility index (Phi) is 6.21. The summed E-state index contributed by atoms with van der Waals surface area (Å²) in [5.74, 6) is -0.374. The minimum atomic E-state index is -3.28. The molecular weight excluding hydrogens is 434 g/mol. The highest BCUT2D eigenvalue weighted by Crippen LogP contribution is 2.34. The Morgan fingerprint density at radius 3 is 2.52 bits per heavy atom. The van der Waals surface area contributed by atoms with E-state index in [2.05, 4.69) is 21.8 Å². The van der Waals surface area contributed by atoms with Crippen molar-refractivity contribution in [2.75, 3.05) is 18.4 Å². The Labute approximate surface area is 178 Å². The monoisotopic (exact) mass is 454 g/mol. The number of anilines is 1. The van der Waals surface area contributed by atoms with Crippen LogP contribution in [0.2, 0.25) is 4.34 Å². The fraction of sp³-hybridized carbons (Fsp3) is 0.474. The highest BCUT2D eigenvalue weighted by Gasteiger charge is 2.37. The number of piperidine rings is 1. The third-order valence-electron chi connectivity index (χ3n) is 4.99. The highest BCUT2D eigenvalue weighted by atomic mass is 35.5. The number of rotatable bonds is 7. The van der Waals surface area contributed by atoms with E-state index in [0.717, 1.165) is 37.3 Å². The van der Waals surface area contributed by atoms with E-state index in [1.165, 1.54) is 0 Å². The molecule has 1 aliphatic carbocycles. The van der Waals surface area contributed by atoms with Gasteiger partial charge in [-0.15, -0.1) is 0 Å². The third kappa shape index (κ3) is 4.97. The van der Waals surface area contributed by atoms with Gasteiger partial charge in [-0.2, -0.15) is 0 Å². The Morgan fingerprint density at radius 1 is 1.24 bits per heavy atom. The van der Waals surface area contributed by atoms with Gasteiger partial charge in [0.05, 0.1) is 16.2 Å². The summed E-state index contributed by atoms with van der Waals surface area (Å²) in [5.41, 5.74) is 0.599. The zero-order valence-electron chi connectivity index (χ0n) is 15.6. The Morgan fingerprint density at radius 2 is 1.93 bits per heavy atom. The third-order valence-corrected chi connectivity index (χ3v) is 8.24. The number of aromatic nitrogens is 1. The van der Waals surface area contributed by atoms with Crippen LogP contribution in [0.15, 0.2) is 29.2 Å². The molecule has 1 radical (unpaired) electrons. The van der Waals surface area contributed by atoms with E-state index in [0.29, 0.717) is 27.9 Å². The van der Waals surface area contributed by atoms with Gasteiger partial charge in [-0.25, -0.2) is 13.4 Å². The average molecular weight is 455 g/mol. The molecular formula is C19H21ClN3O4S2. The number of carbonyl (C=O) groups is 1. The van der Waals surface area contributed by atoms with Crippen LogP contribution in [0, 0.1) is 6.20 Å². The molecule has 4 rings (SSSR count). The van der Waals surface area contributed by atoms with Crippen LogP contribution < -0.4 is 10.6 Å². The number of benzene rings is 1. The van der Waals surface area contributed by atoms with Crippen LogP contribution in [0.5, 0.6) is 0 Å². The first kappa shape index (κ1) is 20.7. The standard InChI is InChI=1S/C19H21ClN3O4S2/c20-16-11-22-19(28-16)23-18(24)17(27-13-7-9-21-10-8-13)12-1-3-14(4-2-12)29(25,26)15-5-6-15/h1-4,13,15,17,21H,5-10H2,(H,22,23,24). The molecule has 1 amide bonds. The molecule has 1 aromatic heterocycles. The molecule has 10 heteroatoms. The van der Waals surface area contributed by atoms with E-state index in [4.69, 9.17) is 16.3 Å². The summed E-state index contributed by atoms with van der Waals surface area (Å²) < 4.78 is 31.3. The number of hydrogen-bond donors (Lipinski definition) is 2. The van der Waals surface area contributed by atoms with Gasteiger partial charge in [0.25, 0.3) is 5.91 Å². The fourth-order valence-corrected chi connectivity index (χ4v) is 5.69. The second-order valence-electron chi connectivity index (χ2n) is 7.17. The lowest BCUT2D eigenvalue weighted by Crippen LogP contribution is -2.35. The van der Waals surface area contributed by atoms with Gasteiger partial charge in [-0.3, -0.25) is 10.1 Å². The zero-order valence-corrected chi connectivity index (χ0v) is 17.9. The van der Waals surface area contributed by atoms with E-state index in [-0.39, 0.29) is 22.2 Å². The van der Waals surface area contributed by atoms with Gasteiger partial charge in [0.15, 0.2) is 21.1 Å². The fourth-order valence-electron chi connectivity index (χ4n) is 3.27. The van der Waals surface area contributed by atoms with E-state index in [1.54, 1.807) is 24.3 Å². The second-order valence-corrected chi connectivity index (χ2v) is 11.0. The van der Waals surface area contributed by atoms with Gasteiger partial charge in [0.2, 0.25) is 0 Å². The average Bonchev–Trinajstić information content (AvgIpc) is 3.51. The molecule has 29 heavy (non-hydrogen) atoms. The van der Waals surface area contributed by atoms with Crippen molar-refractivity contribution in [1.82, 2.24) is 10.3 Å². The minimum absolute atomic E-state index is 0.0617. The number of carbonyl (C=O) groups excluding carboxylic acids is 1. The molecule has 1 atom stereocenters. The number of nitrogens with one attached hydrogen (secondary N) is 2. The maximum atomic E-state index is 12.9. The molecule has 1 aliphatic heterocycles. The van der Waals surface area contributed by atoms with Crippen LogP contribution in [-0.2, 0) is 19.4 Å². The van der Waals surface area contributed by atoms with E-state index in [9.17, 15) is 13.2 Å². The predicted octanol–water partition coefficient (Wildman–Crippen LogP) is 2.98. The van der Waals surface area contributed by atoms with Gasteiger partial charge >= 0.3 is 0 Å². The molecule has 0 bridgehead atoms. The molecule has 1 saturated heterocycles. The van der Waals surface area contributed by atoms with Gasteiger partial charge < -0.3 is 10.1 Å². The molecule has 1 unspecified atom stereocenters.